The van der Waals surface area contributed by atoms with Gasteiger partial charge in [-0.2, -0.15) is 0 Å². The molecule has 6 heteroatoms. The molecule has 1 aliphatic heterocycles. The lowest BCUT2D eigenvalue weighted by molar-refractivity contribution is -0.162. The van der Waals surface area contributed by atoms with E-state index < -0.39 is 5.41 Å². The molecule has 0 spiro atoms. The molecule has 142 valence electrons. The Kier molecular flexibility index (Phi) is 5.91. The quantitative estimate of drug-likeness (QED) is 0.781. The van der Waals surface area contributed by atoms with Gasteiger partial charge in [0.25, 0.3) is 0 Å². The molecule has 0 N–H and O–H groups in total. The molecule has 2 atom stereocenters. The summed E-state index contributed by atoms with van der Waals surface area (Å²) >= 11 is 0. The molecule has 1 aromatic heterocycles. The topological polar surface area (TPSA) is 62.7 Å². The second-order valence-corrected chi connectivity index (χ2v) is 7.52. The van der Waals surface area contributed by atoms with Crippen LogP contribution >= 0.6 is 0 Å². The van der Waals surface area contributed by atoms with Gasteiger partial charge in [0.2, 0.25) is 11.8 Å². The van der Waals surface area contributed by atoms with Crippen LogP contribution in [-0.2, 0) is 20.9 Å². The number of hydrogen-bond acceptors (Lipinski definition) is 4. The van der Waals surface area contributed by atoms with Gasteiger partial charge in [0.15, 0.2) is 0 Å². The van der Waals surface area contributed by atoms with Gasteiger partial charge >= 0.3 is 0 Å². The Morgan fingerprint density at radius 1 is 1.42 bits per heavy atom. The highest BCUT2D eigenvalue weighted by atomic mass is 16.5. The van der Waals surface area contributed by atoms with Crippen LogP contribution in [0.25, 0.3) is 0 Å². The lowest BCUT2D eigenvalue weighted by Gasteiger charge is -2.52. The van der Waals surface area contributed by atoms with Gasteiger partial charge in [0.1, 0.15) is 0 Å². The minimum atomic E-state index is -0.448. The van der Waals surface area contributed by atoms with Crippen molar-refractivity contribution in [3.8, 4) is 0 Å². The second kappa shape index (κ2) is 8.16. The minimum Gasteiger partial charge on any atom is -0.383 e. The Bertz CT molecular complexity index is 636. The monoisotopic (exact) mass is 359 g/mol. The first kappa shape index (κ1) is 18.8. The van der Waals surface area contributed by atoms with E-state index in [9.17, 15) is 9.59 Å². The van der Waals surface area contributed by atoms with Crippen LogP contribution in [-0.4, -0.2) is 59.9 Å². The van der Waals surface area contributed by atoms with Crippen molar-refractivity contribution in [2.24, 2.45) is 5.41 Å². The zero-order valence-electron chi connectivity index (χ0n) is 15.8. The molecule has 26 heavy (non-hydrogen) atoms. The first-order valence-electron chi connectivity index (χ1n) is 9.51. The number of hydrogen-bond donors (Lipinski definition) is 0. The van der Waals surface area contributed by atoms with E-state index in [-0.39, 0.29) is 17.9 Å². The van der Waals surface area contributed by atoms with Crippen molar-refractivity contribution in [3.05, 3.63) is 30.1 Å². The van der Waals surface area contributed by atoms with Crippen molar-refractivity contribution in [2.45, 2.75) is 51.1 Å². The first-order valence-corrected chi connectivity index (χ1v) is 9.51. The molecule has 0 bridgehead atoms. The lowest BCUT2D eigenvalue weighted by atomic mass is 9.64. The molecular formula is C20H29N3O3. The molecule has 2 amide bonds. The van der Waals surface area contributed by atoms with Crippen molar-refractivity contribution in [1.82, 2.24) is 14.8 Å². The van der Waals surface area contributed by atoms with Gasteiger partial charge in [-0.25, -0.2) is 0 Å². The molecule has 1 aromatic rings. The van der Waals surface area contributed by atoms with Gasteiger partial charge < -0.3 is 14.5 Å². The van der Waals surface area contributed by atoms with Crippen LogP contribution in [0.15, 0.2) is 24.5 Å². The van der Waals surface area contributed by atoms with Crippen LogP contribution in [0.5, 0.6) is 0 Å². The van der Waals surface area contributed by atoms with Gasteiger partial charge in [-0.3, -0.25) is 14.6 Å². The summed E-state index contributed by atoms with van der Waals surface area (Å²) in [5, 5.41) is 0. The maximum Gasteiger partial charge on any atom is 0.230 e. The number of rotatable bonds is 6. The fourth-order valence-electron chi connectivity index (χ4n) is 4.66. The summed E-state index contributed by atoms with van der Waals surface area (Å²) in [4.78, 5) is 33.9. The fourth-order valence-corrected chi connectivity index (χ4v) is 4.66. The molecule has 3 rings (SSSR count). The number of carbonyl (C=O) groups excluding carboxylic acids is 2. The summed E-state index contributed by atoms with van der Waals surface area (Å²) < 4.78 is 5.20. The van der Waals surface area contributed by atoms with Gasteiger partial charge in [0.05, 0.1) is 12.0 Å². The number of nitrogens with zero attached hydrogens (tertiary/aromatic N) is 3. The number of ether oxygens (including phenoxy) is 1. The summed E-state index contributed by atoms with van der Waals surface area (Å²) in [6, 6.07) is 3.87. The van der Waals surface area contributed by atoms with Crippen LogP contribution in [0.1, 0.15) is 44.1 Å². The molecule has 2 fully saturated rings. The number of methoxy groups -OCH3 is 1. The second-order valence-electron chi connectivity index (χ2n) is 7.52. The number of aromatic nitrogens is 1. The SMILES string of the molecule is COCCN1C(=O)CC[C@]2(C(=O)N(C)Cc3cccnc3)CCCC[C@@H]12. The average Bonchev–Trinajstić information content (AvgIpc) is 2.67. The van der Waals surface area contributed by atoms with Crippen LogP contribution in [0.3, 0.4) is 0 Å². The molecule has 2 aliphatic rings. The number of likely N-dealkylation sites (tertiary alicyclic amines) is 1. The van der Waals surface area contributed by atoms with E-state index in [0.717, 1.165) is 31.2 Å². The third-order valence-corrected chi connectivity index (χ3v) is 5.92. The molecule has 0 unspecified atom stereocenters. The fraction of sp³-hybridized carbons (Fsp3) is 0.650. The van der Waals surface area contributed by atoms with Crippen LogP contribution in [0.2, 0.25) is 0 Å². The van der Waals surface area contributed by atoms with Crippen LogP contribution < -0.4 is 0 Å². The molecule has 6 nitrogen and oxygen atoms in total. The maximum absolute atomic E-state index is 13.5. The van der Waals surface area contributed by atoms with E-state index in [4.69, 9.17) is 4.74 Å². The number of pyridine rings is 1. The number of piperidine rings is 1. The van der Waals surface area contributed by atoms with E-state index in [1.54, 1.807) is 19.5 Å². The van der Waals surface area contributed by atoms with E-state index in [1.807, 2.05) is 29.0 Å². The van der Waals surface area contributed by atoms with Crippen molar-refractivity contribution in [1.29, 1.82) is 0 Å². The lowest BCUT2D eigenvalue weighted by Crippen LogP contribution is -2.62. The van der Waals surface area contributed by atoms with E-state index in [2.05, 4.69) is 4.98 Å². The predicted molar refractivity (Wildman–Crippen MR) is 98.2 cm³/mol. The third kappa shape index (κ3) is 3.61. The zero-order chi connectivity index (χ0) is 18.6. The maximum atomic E-state index is 13.5. The highest BCUT2D eigenvalue weighted by molar-refractivity contribution is 5.88. The Balaban J connectivity index is 1.81. The normalized spacial score (nSPS) is 25.7. The van der Waals surface area contributed by atoms with Gasteiger partial charge in [-0.15, -0.1) is 0 Å². The summed E-state index contributed by atoms with van der Waals surface area (Å²) in [6.07, 6.45) is 8.55. The highest BCUT2D eigenvalue weighted by Crippen LogP contribution is 2.47. The van der Waals surface area contributed by atoms with Crippen molar-refractivity contribution in [2.75, 3.05) is 27.3 Å². The summed E-state index contributed by atoms with van der Waals surface area (Å²) in [5.74, 6) is 0.327. The Labute approximate surface area is 155 Å². The van der Waals surface area contributed by atoms with E-state index >= 15 is 0 Å². The van der Waals surface area contributed by atoms with Gasteiger partial charge in [0, 0.05) is 52.1 Å². The van der Waals surface area contributed by atoms with E-state index in [1.165, 1.54) is 0 Å². The number of amides is 2. The van der Waals surface area contributed by atoms with Gasteiger partial charge in [-0.05, 0) is 30.9 Å². The number of carbonyl (C=O) groups is 2. The van der Waals surface area contributed by atoms with Crippen molar-refractivity contribution in [3.63, 3.8) is 0 Å². The summed E-state index contributed by atoms with van der Waals surface area (Å²) in [6.45, 7) is 1.63. The standard InChI is InChI=1S/C20H29N3O3/c1-22(15-16-6-5-11-21-14-16)19(25)20-9-4-3-7-17(20)23(12-13-26-2)18(24)8-10-20/h5-6,11,14,17H,3-4,7-10,12-13,15H2,1-2H3/t17-,20-/m1/s1. The molecule has 0 radical (unpaired) electrons. The summed E-state index contributed by atoms with van der Waals surface area (Å²) in [7, 11) is 3.51. The minimum absolute atomic E-state index is 0.00324. The average molecular weight is 359 g/mol. The van der Waals surface area contributed by atoms with Crippen LogP contribution in [0.4, 0.5) is 0 Å². The predicted octanol–water partition coefficient (Wildman–Crippen LogP) is 2.24. The molecule has 1 saturated heterocycles. The molecule has 1 saturated carbocycles. The Hall–Kier alpha value is -1.95. The van der Waals surface area contributed by atoms with Crippen molar-refractivity contribution >= 4 is 11.8 Å². The third-order valence-electron chi connectivity index (χ3n) is 5.92. The molecular weight excluding hydrogens is 330 g/mol. The highest BCUT2D eigenvalue weighted by Gasteiger charge is 2.53. The summed E-state index contributed by atoms with van der Waals surface area (Å²) in [5.41, 5.74) is 0.576. The molecule has 2 heterocycles. The van der Waals surface area contributed by atoms with Gasteiger partial charge in [-0.1, -0.05) is 18.9 Å². The number of fused-ring (bicyclic) bond motifs is 1. The smallest absolute Gasteiger partial charge is 0.230 e. The largest absolute Gasteiger partial charge is 0.383 e. The van der Waals surface area contributed by atoms with E-state index in [0.29, 0.717) is 32.5 Å². The van der Waals surface area contributed by atoms with Crippen molar-refractivity contribution < 1.29 is 14.3 Å². The Morgan fingerprint density at radius 2 is 2.27 bits per heavy atom. The Morgan fingerprint density at radius 3 is 3.00 bits per heavy atom. The molecule has 1 aliphatic carbocycles. The van der Waals surface area contributed by atoms with Crippen LogP contribution in [0, 0.1) is 5.41 Å². The zero-order valence-corrected chi connectivity index (χ0v) is 15.8. The molecule has 0 aromatic carbocycles. The first-order chi connectivity index (χ1) is 12.6.